The van der Waals surface area contributed by atoms with Gasteiger partial charge in [0.15, 0.2) is 0 Å². The second-order valence-corrected chi connectivity index (χ2v) is 5.71. The normalized spacial score (nSPS) is 19.1. The molecular formula is C19H23NO3. The fourth-order valence-corrected chi connectivity index (χ4v) is 2.74. The molecule has 2 aromatic rings. The molecule has 3 rings (SSSR count). The van der Waals surface area contributed by atoms with Gasteiger partial charge in [0.1, 0.15) is 17.6 Å². The summed E-state index contributed by atoms with van der Waals surface area (Å²) in [4.78, 5) is 2.38. The average molecular weight is 313 g/mol. The summed E-state index contributed by atoms with van der Waals surface area (Å²) in [6, 6.07) is 18.2. The fraction of sp³-hybridized carbons (Fsp3) is 0.368. The lowest BCUT2D eigenvalue weighted by Gasteiger charge is -2.24. The van der Waals surface area contributed by atoms with Gasteiger partial charge in [-0.2, -0.15) is 0 Å². The first kappa shape index (κ1) is 15.8. The molecule has 1 aliphatic heterocycles. The molecule has 1 fully saturated rings. The summed E-state index contributed by atoms with van der Waals surface area (Å²) >= 11 is 0. The summed E-state index contributed by atoms with van der Waals surface area (Å²) in [5.41, 5.74) is 1.27. The number of nitrogens with zero attached hydrogens (tertiary/aromatic N) is 1. The quantitative estimate of drug-likeness (QED) is 0.849. The number of methoxy groups -OCH3 is 1. The Bertz CT molecular complexity index is 585. The van der Waals surface area contributed by atoms with E-state index in [1.165, 1.54) is 5.56 Å². The number of benzene rings is 2. The monoisotopic (exact) mass is 313 g/mol. The van der Waals surface area contributed by atoms with Crippen LogP contribution in [0.2, 0.25) is 0 Å². The molecule has 0 amide bonds. The lowest BCUT2D eigenvalue weighted by atomic mass is 10.2. The lowest BCUT2D eigenvalue weighted by molar-refractivity contribution is 0.0710. The van der Waals surface area contributed by atoms with Crippen molar-refractivity contribution in [1.29, 1.82) is 0 Å². The third-order valence-corrected chi connectivity index (χ3v) is 3.93. The van der Waals surface area contributed by atoms with Gasteiger partial charge in [-0.1, -0.05) is 30.3 Å². The SMILES string of the molecule is COc1ccc(CN2CCOCC(Oc3ccccc3)C2)cc1. The van der Waals surface area contributed by atoms with Crippen molar-refractivity contribution in [3.05, 3.63) is 60.2 Å². The smallest absolute Gasteiger partial charge is 0.135 e. The molecule has 1 aliphatic rings. The van der Waals surface area contributed by atoms with Crippen LogP contribution in [0.15, 0.2) is 54.6 Å². The second kappa shape index (κ2) is 7.99. The van der Waals surface area contributed by atoms with Crippen molar-refractivity contribution in [2.45, 2.75) is 12.6 Å². The van der Waals surface area contributed by atoms with Gasteiger partial charge in [-0.3, -0.25) is 4.90 Å². The third kappa shape index (κ3) is 4.71. The first-order valence-electron chi connectivity index (χ1n) is 7.98. The number of rotatable bonds is 5. The molecule has 0 bridgehead atoms. The largest absolute Gasteiger partial charge is 0.497 e. The molecule has 0 radical (unpaired) electrons. The van der Waals surface area contributed by atoms with Gasteiger partial charge in [0.05, 0.1) is 20.3 Å². The van der Waals surface area contributed by atoms with Crippen LogP contribution in [0.4, 0.5) is 0 Å². The van der Waals surface area contributed by atoms with Crippen LogP contribution in [0, 0.1) is 0 Å². The van der Waals surface area contributed by atoms with Crippen LogP contribution in [0.3, 0.4) is 0 Å². The molecule has 0 aliphatic carbocycles. The summed E-state index contributed by atoms with van der Waals surface area (Å²) in [5.74, 6) is 1.78. The van der Waals surface area contributed by atoms with E-state index in [9.17, 15) is 0 Å². The standard InChI is InChI=1S/C19H23NO3/c1-21-17-9-7-16(8-10-17)13-20-11-12-22-15-19(14-20)23-18-5-3-2-4-6-18/h2-10,19H,11-15H2,1H3. The maximum Gasteiger partial charge on any atom is 0.135 e. The van der Waals surface area contributed by atoms with Crippen molar-refractivity contribution < 1.29 is 14.2 Å². The Kier molecular flexibility index (Phi) is 5.51. The Morgan fingerprint density at radius 2 is 1.83 bits per heavy atom. The zero-order chi connectivity index (χ0) is 15.9. The van der Waals surface area contributed by atoms with Gasteiger partial charge in [0.2, 0.25) is 0 Å². The van der Waals surface area contributed by atoms with E-state index in [0.29, 0.717) is 6.61 Å². The number of ether oxygens (including phenoxy) is 3. The van der Waals surface area contributed by atoms with Gasteiger partial charge in [-0.15, -0.1) is 0 Å². The highest BCUT2D eigenvalue weighted by molar-refractivity contribution is 5.27. The van der Waals surface area contributed by atoms with Gasteiger partial charge in [-0.25, -0.2) is 0 Å². The van der Waals surface area contributed by atoms with E-state index < -0.39 is 0 Å². The van der Waals surface area contributed by atoms with Crippen molar-refractivity contribution >= 4 is 0 Å². The molecule has 1 atom stereocenters. The first-order valence-corrected chi connectivity index (χ1v) is 7.98. The number of hydrogen-bond donors (Lipinski definition) is 0. The van der Waals surface area contributed by atoms with E-state index in [2.05, 4.69) is 17.0 Å². The molecule has 0 aromatic heterocycles. The minimum atomic E-state index is 0.0538. The van der Waals surface area contributed by atoms with Crippen molar-refractivity contribution in [3.8, 4) is 11.5 Å². The summed E-state index contributed by atoms with van der Waals surface area (Å²) in [6.45, 7) is 4.04. The second-order valence-electron chi connectivity index (χ2n) is 5.71. The molecule has 4 nitrogen and oxygen atoms in total. The topological polar surface area (TPSA) is 30.9 Å². The molecular weight excluding hydrogens is 290 g/mol. The van der Waals surface area contributed by atoms with Crippen LogP contribution in [-0.2, 0) is 11.3 Å². The van der Waals surface area contributed by atoms with Crippen LogP contribution in [0.25, 0.3) is 0 Å². The van der Waals surface area contributed by atoms with Crippen LogP contribution in [-0.4, -0.2) is 44.4 Å². The Balaban J connectivity index is 1.60. The van der Waals surface area contributed by atoms with Crippen LogP contribution in [0.5, 0.6) is 11.5 Å². The highest BCUT2D eigenvalue weighted by Gasteiger charge is 2.20. The zero-order valence-corrected chi connectivity index (χ0v) is 13.5. The average Bonchev–Trinajstić information content (AvgIpc) is 2.81. The zero-order valence-electron chi connectivity index (χ0n) is 13.5. The van der Waals surface area contributed by atoms with E-state index in [-0.39, 0.29) is 6.10 Å². The molecule has 0 N–H and O–H groups in total. The molecule has 1 saturated heterocycles. The lowest BCUT2D eigenvalue weighted by Crippen LogP contribution is -2.35. The molecule has 0 spiro atoms. The van der Waals surface area contributed by atoms with E-state index in [0.717, 1.165) is 37.7 Å². The van der Waals surface area contributed by atoms with Gasteiger partial charge in [-0.05, 0) is 29.8 Å². The van der Waals surface area contributed by atoms with E-state index in [1.54, 1.807) is 7.11 Å². The molecule has 1 heterocycles. The van der Waals surface area contributed by atoms with Gasteiger partial charge < -0.3 is 14.2 Å². The van der Waals surface area contributed by atoms with Gasteiger partial charge in [0, 0.05) is 19.6 Å². The molecule has 0 saturated carbocycles. The highest BCUT2D eigenvalue weighted by Crippen LogP contribution is 2.16. The number of para-hydroxylation sites is 1. The Labute approximate surface area is 137 Å². The van der Waals surface area contributed by atoms with Crippen LogP contribution >= 0.6 is 0 Å². The number of hydrogen-bond acceptors (Lipinski definition) is 4. The van der Waals surface area contributed by atoms with Gasteiger partial charge >= 0.3 is 0 Å². The minimum absolute atomic E-state index is 0.0538. The molecule has 4 heteroatoms. The third-order valence-electron chi connectivity index (χ3n) is 3.93. The molecule has 1 unspecified atom stereocenters. The molecule has 2 aromatic carbocycles. The van der Waals surface area contributed by atoms with Crippen molar-refractivity contribution in [3.63, 3.8) is 0 Å². The van der Waals surface area contributed by atoms with Crippen molar-refractivity contribution in [2.24, 2.45) is 0 Å². The Hall–Kier alpha value is -2.04. The van der Waals surface area contributed by atoms with Gasteiger partial charge in [0.25, 0.3) is 0 Å². The van der Waals surface area contributed by atoms with Crippen molar-refractivity contribution in [1.82, 2.24) is 4.90 Å². The summed E-state index contributed by atoms with van der Waals surface area (Å²) in [7, 11) is 1.69. The summed E-state index contributed by atoms with van der Waals surface area (Å²) in [5, 5.41) is 0. The maximum atomic E-state index is 6.05. The minimum Gasteiger partial charge on any atom is -0.497 e. The van der Waals surface area contributed by atoms with Crippen LogP contribution in [0.1, 0.15) is 5.56 Å². The predicted octanol–water partition coefficient (Wildman–Crippen LogP) is 2.98. The Morgan fingerprint density at radius 3 is 2.57 bits per heavy atom. The fourth-order valence-electron chi connectivity index (χ4n) is 2.74. The van der Waals surface area contributed by atoms with E-state index in [4.69, 9.17) is 14.2 Å². The summed E-state index contributed by atoms with van der Waals surface area (Å²) in [6.07, 6.45) is 0.0538. The van der Waals surface area contributed by atoms with E-state index in [1.807, 2.05) is 42.5 Å². The molecule has 23 heavy (non-hydrogen) atoms. The van der Waals surface area contributed by atoms with Crippen LogP contribution < -0.4 is 9.47 Å². The first-order chi connectivity index (χ1) is 11.3. The maximum absolute atomic E-state index is 6.05. The van der Waals surface area contributed by atoms with E-state index >= 15 is 0 Å². The molecule has 122 valence electrons. The highest BCUT2D eigenvalue weighted by atomic mass is 16.5. The Morgan fingerprint density at radius 1 is 1.04 bits per heavy atom. The predicted molar refractivity (Wildman–Crippen MR) is 89.9 cm³/mol. The van der Waals surface area contributed by atoms with Crippen molar-refractivity contribution in [2.75, 3.05) is 33.4 Å². The summed E-state index contributed by atoms with van der Waals surface area (Å²) < 4.78 is 17.0.